The molecule has 19 heavy (non-hydrogen) atoms. The molecule has 3 unspecified atom stereocenters. The summed E-state index contributed by atoms with van der Waals surface area (Å²) in [6.07, 6.45) is 1.76. The first-order valence-corrected chi connectivity index (χ1v) is 8.27. The van der Waals surface area contributed by atoms with Gasteiger partial charge in [0.15, 0.2) is 0 Å². The first-order valence-electron chi connectivity index (χ1n) is 6.90. The number of fused-ring (bicyclic) bond motifs is 1. The number of thioether (sulfide) groups is 1. The first-order chi connectivity index (χ1) is 9.08. The Balaban J connectivity index is 1.98. The van der Waals surface area contributed by atoms with E-state index in [-0.39, 0.29) is 6.10 Å². The number of aliphatic hydroxyl groups is 1. The maximum Gasteiger partial charge on any atom is 0.0545 e. The van der Waals surface area contributed by atoms with E-state index >= 15 is 0 Å². The highest BCUT2D eigenvalue weighted by Crippen LogP contribution is 2.40. The molecule has 0 spiro atoms. The van der Waals surface area contributed by atoms with E-state index in [0.29, 0.717) is 12.0 Å². The minimum absolute atomic E-state index is 0.222. The molecular weight excluding hydrogens is 278 g/mol. The Kier molecular flexibility index (Phi) is 5.58. The van der Waals surface area contributed by atoms with E-state index in [4.69, 9.17) is 11.6 Å². The highest BCUT2D eigenvalue weighted by molar-refractivity contribution is 7.99. The number of halogens is 1. The number of benzene rings is 1. The Morgan fingerprint density at radius 1 is 1.47 bits per heavy atom. The molecule has 1 aromatic rings. The van der Waals surface area contributed by atoms with Crippen LogP contribution < -0.4 is 5.32 Å². The molecule has 0 saturated heterocycles. The molecular formula is C15H22ClNOS. The number of rotatable bonds is 5. The summed E-state index contributed by atoms with van der Waals surface area (Å²) >= 11 is 8.11. The van der Waals surface area contributed by atoms with Crippen molar-refractivity contribution in [3.05, 3.63) is 28.8 Å². The molecule has 0 amide bonds. The summed E-state index contributed by atoms with van der Waals surface area (Å²) in [5, 5.41) is 13.9. The predicted molar refractivity (Wildman–Crippen MR) is 83.0 cm³/mol. The molecule has 0 fully saturated rings. The molecule has 1 aliphatic heterocycles. The third-order valence-electron chi connectivity index (χ3n) is 3.48. The van der Waals surface area contributed by atoms with Gasteiger partial charge in [-0.15, -0.1) is 11.8 Å². The summed E-state index contributed by atoms with van der Waals surface area (Å²) < 4.78 is 0. The standard InChI is InChI=1S/C15H22ClNOS/c1-10(8-11(2)18)9-17-14-6-7-19-15-12(14)4-3-5-13(15)16/h3-5,10-11,14,17-18H,6-9H2,1-2H3. The minimum atomic E-state index is -0.222. The second-order valence-electron chi connectivity index (χ2n) is 5.45. The van der Waals surface area contributed by atoms with Crippen molar-refractivity contribution < 1.29 is 5.11 Å². The molecule has 4 heteroatoms. The first kappa shape index (κ1) is 15.2. The van der Waals surface area contributed by atoms with Crippen LogP contribution in [0.15, 0.2) is 23.1 Å². The average Bonchev–Trinajstić information content (AvgIpc) is 2.36. The van der Waals surface area contributed by atoms with Crippen LogP contribution in [-0.2, 0) is 0 Å². The van der Waals surface area contributed by atoms with Crippen molar-refractivity contribution >= 4 is 23.4 Å². The van der Waals surface area contributed by atoms with Crippen molar-refractivity contribution in [2.24, 2.45) is 5.92 Å². The quantitative estimate of drug-likeness (QED) is 0.865. The lowest BCUT2D eigenvalue weighted by molar-refractivity contribution is 0.162. The monoisotopic (exact) mass is 299 g/mol. The van der Waals surface area contributed by atoms with Gasteiger partial charge in [-0.05, 0) is 49.6 Å². The average molecular weight is 300 g/mol. The Morgan fingerprint density at radius 2 is 2.26 bits per heavy atom. The maximum atomic E-state index is 9.41. The van der Waals surface area contributed by atoms with Crippen LogP contribution in [0, 0.1) is 5.92 Å². The zero-order valence-corrected chi connectivity index (χ0v) is 13.1. The fraction of sp³-hybridized carbons (Fsp3) is 0.600. The minimum Gasteiger partial charge on any atom is -0.393 e. The van der Waals surface area contributed by atoms with Gasteiger partial charge >= 0.3 is 0 Å². The van der Waals surface area contributed by atoms with Crippen molar-refractivity contribution in [2.75, 3.05) is 12.3 Å². The number of aliphatic hydroxyl groups excluding tert-OH is 1. The van der Waals surface area contributed by atoms with Gasteiger partial charge in [0.2, 0.25) is 0 Å². The molecule has 3 atom stereocenters. The Labute approximate surface area is 124 Å². The molecule has 106 valence electrons. The summed E-state index contributed by atoms with van der Waals surface area (Å²) in [5.41, 5.74) is 1.33. The van der Waals surface area contributed by atoms with E-state index in [1.54, 1.807) is 0 Å². The van der Waals surface area contributed by atoms with Crippen molar-refractivity contribution in [1.82, 2.24) is 5.32 Å². The van der Waals surface area contributed by atoms with Crippen molar-refractivity contribution in [3.63, 3.8) is 0 Å². The number of hydrogen-bond acceptors (Lipinski definition) is 3. The Bertz CT molecular complexity index is 425. The molecule has 1 heterocycles. The second-order valence-corrected chi connectivity index (χ2v) is 6.96. The van der Waals surface area contributed by atoms with E-state index in [0.717, 1.165) is 30.2 Å². The molecule has 2 nitrogen and oxygen atoms in total. The van der Waals surface area contributed by atoms with E-state index in [9.17, 15) is 5.11 Å². The molecule has 0 bridgehead atoms. The van der Waals surface area contributed by atoms with Crippen LogP contribution in [-0.4, -0.2) is 23.5 Å². The lowest BCUT2D eigenvalue weighted by Gasteiger charge is -2.28. The Morgan fingerprint density at radius 3 is 3.00 bits per heavy atom. The SMILES string of the molecule is CC(O)CC(C)CNC1CCSc2c(Cl)cccc21. The van der Waals surface area contributed by atoms with Gasteiger partial charge in [-0.1, -0.05) is 30.7 Å². The van der Waals surface area contributed by atoms with E-state index in [1.165, 1.54) is 10.5 Å². The van der Waals surface area contributed by atoms with Crippen molar-refractivity contribution in [3.8, 4) is 0 Å². The van der Waals surface area contributed by atoms with Crippen LogP contribution in [0.25, 0.3) is 0 Å². The highest BCUT2D eigenvalue weighted by atomic mass is 35.5. The van der Waals surface area contributed by atoms with Gasteiger partial charge in [0.1, 0.15) is 0 Å². The van der Waals surface area contributed by atoms with E-state index < -0.39 is 0 Å². The Hall–Kier alpha value is -0.220. The van der Waals surface area contributed by atoms with Gasteiger partial charge in [-0.25, -0.2) is 0 Å². The van der Waals surface area contributed by atoms with Crippen molar-refractivity contribution in [2.45, 2.75) is 43.7 Å². The van der Waals surface area contributed by atoms with Crippen molar-refractivity contribution in [1.29, 1.82) is 0 Å². The van der Waals surface area contributed by atoms with Gasteiger partial charge in [0.05, 0.1) is 11.1 Å². The fourth-order valence-electron chi connectivity index (χ4n) is 2.61. The van der Waals surface area contributed by atoms with Gasteiger partial charge in [0.25, 0.3) is 0 Å². The predicted octanol–water partition coefficient (Wildman–Crippen LogP) is 3.87. The summed E-state index contributed by atoms with van der Waals surface area (Å²) in [6, 6.07) is 6.56. The maximum absolute atomic E-state index is 9.41. The smallest absolute Gasteiger partial charge is 0.0545 e. The number of hydrogen-bond donors (Lipinski definition) is 2. The molecule has 2 N–H and O–H groups in total. The third-order valence-corrected chi connectivity index (χ3v) is 5.09. The van der Waals surface area contributed by atoms with Crippen LogP contribution >= 0.6 is 23.4 Å². The largest absolute Gasteiger partial charge is 0.393 e. The normalized spacial score (nSPS) is 21.8. The van der Waals surface area contributed by atoms with E-state index in [2.05, 4.69) is 18.3 Å². The summed E-state index contributed by atoms with van der Waals surface area (Å²) in [5.74, 6) is 1.59. The number of nitrogens with one attached hydrogen (secondary N) is 1. The summed E-state index contributed by atoms with van der Waals surface area (Å²) in [4.78, 5) is 1.23. The van der Waals surface area contributed by atoms with Gasteiger partial charge in [-0.3, -0.25) is 0 Å². The fourth-order valence-corrected chi connectivity index (χ4v) is 4.09. The van der Waals surface area contributed by atoms with E-state index in [1.807, 2.05) is 30.8 Å². The lowest BCUT2D eigenvalue weighted by Crippen LogP contribution is -2.29. The van der Waals surface area contributed by atoms with Crippen LogP contribution in [0.5, 0.6) is 0 Å². The summed E-state index contributed by atoms with van der Waals surface area (Å²) in [6.45, 7) is 4.96. The molecule has 2 rings (SSSR count). The second kappa shape index (κ2) is 6.98. The zero-order chi connectivity index (χ0) is 13.8. The van der Waals surface area contributed by atoms with Crippen LogP contribution in [0.3, 0.4) is 0 Å². The topological polar surface area (TPSA) is 32.3 Å². The van der Waals surface area contributed by atoms with Gasteiger partial charge in [0, 0.05) is 10.9 Å². The molecule has 0 aliphatic carbocycles. The third kappa shape index (κ3) is 4.12. The van der Waals surface area contributed by atoms with Gasteiger partial charge in [-0.2, -0.15) is 0 Å². The lowest BCUT2D eigenvalue weighted by atomic mass is 10.0. The summed E-state index contributed by atoms with van der Waals surface area (Å²) in [7, 11) is 0. The molecule has 1 aliphatic rings. The molecule has 1 aromatic carbocycles. The highest BCUT2D eigenvalue weighted by Gasteiger charge is 2.22. The van der Waals surface area contributed by atoms with Crippen LogP contribution in [0.1, 0.15) is 38.3 Å². The zero-order valence-electron chi connectivity index (χ0n) is 11.5. The van der Waals surface area contributed by atoms with Crippen LogP contribution in [0.2, 0.25) is 5.02 Å². The molecule has 0 saturated carbocycles. The molecule has 0 aromatic heterocycles. The molecule has 0 radical (unpaired) electrons. The van der Waals surface area contributed by atoms with Gasteiger partial charge < -0.3 is 10.4 Å². The van der Waals surface area contributed by atoms with Crippen LogP contribution in [0.4, 0.5) is 0 Å².